The van der Waals surface area contributed by atoms with Crippen LogP contribution >= 0.6 is 23.4 Å². The second-order valence-electron chi connectivity index (χ2n) is 5.92. The Labute approximate surface area is 175 Å². The molecule has 29 heavy (non-hydrogen) atoms. The monoisotopic (exact) mass is 433 g/mol. The summed E-state index contributed by atoms with van der Waals surface area (Å²) in [6.07, 6.45) is 3.01. The van der Waals surface area contributed by atoms with Crippen molar-refractivity contribution in [1.29, 1.82) is 0 Å². The van der Waals surface area contributed by atoms with Gasteiger partial charge in [0.15, 0.2) is 5.03 Å². The normalized spacial score (nSPS) is 10.6. The Bertz CT molecular complexity index is 1070. The number of nitrogens with zero attached hydrogens (tertiary/aromatic N) is 2. The van der Waals surface area contributed by atoms with Crippen LogP contribution in [-0.4, -0.2) is 28.3 Å². The molecule has 3 aromatic rings. The molecule has 6 nitrogen and oxygen atoms in total. The largest absolute Gasteiger partial charge is 0.495 e. The molecule has 9 heteroatoms. The van der Waals surface area contributed by atoms with Gasteiger partial charge in [-0.2, -0.15) is 0 Å². The summed E-state index contributed by atoms with van der Waals surface area (Å²) in [6.45, 7) is 0.274. The molecular weight excluding hydrogens is 417 g/mol. The fraction of sp³-hybridized carbons (Fsp3) is 0.150. The third-order valence-electron chi connectivity index (χ3n) is 3.97. The van der Waals surface area contributed by atoms with Gasteiger partial charge < -0.3 is 10.1 Å². The maximum Gasteiger partial charge on any atom is 0.287 e. The van der Waals surface area contributed by atoms with Gasteiger partial charge in [0.1, 0.15) is 11.6 Å². The average molecular weight is 434 g/mol. The Morgan fingerprint density at radius 3 is 2.72 bits per heavy atom. The number of hydrogen-bond acceptors (Lipinski definition) is 5. The summed E-state index contributed by atoms with van der Waals surface area (Å²) in [5.74, 6) is -0.0647. The number of amides is 1. The van der Waals surface area contributed by atoms with Gasteiger partial charge in [-0.15, -0.1) is 0 Å². The van der Waals surface area contributed by atoms with E-state index < -0.39 is 0 Å². The quantitative estimate of drug-likeness (QED) is 0.578. The first-order valence-electron chi connectivity index (χ1n) is 8.53. The van der Waals surface area contributed by atoms with Gasteiger partial charge in [-0.1, -0.05) is 35.5 Å². The number of carbonyl (C=O) groups is 1. The lowest BCUT2D eigenvalue weighted by Crippen LogP contribution is -2.26. The first-order chi connectivity index (χ1) is 14.0. The van der Waals surface area contributed by atoms with Crippen molar-refractivity contribution in [1.82, 2.24) is 14.9 Å². The van der Waals surface area contributed by atoms with Gasteiger partial charge >= 0.3 is 0 Å². The number of halogens is 2. The van der Waals surface area contributed by atoms with E-state index in [9.17, 15) is 14.0 Å². The number of carbonyl (C=O) groups excluding carboxylic acids is 1. The Balaban J connectivity index is 1.65. The molecular formula is C20H17ClFN3O3S. The molecule has 0 saturated heterocycles. The Kier molecular flexibility index (Phi) is 6.90. The zero-order chi connectivity index (χ0) is 20.8. The van der Waals surface area contributed by atoms with E-state index in [1.165, 1.54) is 36.2 Å². The minimum Gasteiger partial charge on any atom is -0.495 e. The molecule has 0 atom stereocenters. The van der Waals surface area contributed by atoms with E-state index in [2.05, 4.69) is 10.3 Å². The first-order valence-corrected chi connectivity index (χ1v) is 9.90. The van der Waals surface area contributed by atoms with Crippen molar-refractivity contribution in [2.24, 2.45) is 0 Å². The second-order valence-corrected chi connectivity index (χ2v) is 7.29. The summed E-state index contributed by atoms with van der Waals surface area (Å²) in [5, 5.41) is 3.29. The molecule has 0 bridgehead atoms. The minimum absolute atomic E-state index is 0.0246. The maximum absolute atomic E-state index is 12.9. The molecule has 3 rings (SSSR count). The number of nitrogens with one attached hydrogen (secondary N) is 1. The molecule has 1 N–H and O–H groups in total. The van der Waals surface area contributed by atoms with Crippen LogP contribution in [0.25, 0.3) is 5.69 Å². The van der Waals surface area contributed by atoms with Crippen LogP contribution in [0.5, 0.6) is 5.75 Å². The summed E-state index contributed by atoms with van der Waals surface area (Å²) in [6, 6.07) is 10.8. The zero-order valence-corrected chi connectivity index (χ0v) is 17.0. The lowest BCUT2D eigenvalue weighted by molar-refractivity contribution is -0.118. The molecule has 1 aromatic heterocycles. The second kappa shape index (κ2) is 9.58. The van der Waals surface area contributed by atoms with Crippen molar-refractivity contribution in [2.45, 2.75) is 11.6 Å². The highest BCUT2D eigenvalue weighted by Crippen LogP contribution is 2.26. The third kappa shape index (κ3) is 5.36. The Morgan fingerprint density at radius 2 is 2.03 bits per heavy atom. The van der Waals surface area contributed by atoms with Crippen molar-refractivity contribution in [3.8, 4) is 11.4 Å². The molecule has 0 aliphatic rings. The van der Waals surface area contributed by atoms with Crippen molar-refractivity contribution in [3.63, 3.8) is 0 Å². The molecule has 1 heterocycles. The summed E-state index contributed by atoms with van der Waals surface area (Å²) < 4.78 is 19.4. The van der Waals surface area contributed by atoms with E-state index in [-0.39, 0.29) is 34.6 Å². The lowest BCUT2D eigenvalue weighted by atomic mass is 10.2. The lowest BCUT2D eigenvalue weighted by Gasteiger charge is -2.10. The Hall–Kier alpha value is -2.84. The van der Waals surface area contributed by atoms with Crippen LogP contribution in [0.3, 0.4) is 0 Å². The van der Waals surface area contributed by atoms with Gasteiger partial charge in [0, 0.05) is 18.9 Å². The first kappa shape index (κ1) is 20.9. The van der Waals surface area contributed by atoms with Gasteiger partial charge in [0.05, 0.1) is 23.6 Å². The van der Waals surface area contributed by atoms with Crippen LogP contribution in [0.1, 0.15) is 5.56 Å². The summed E-state index contributed by atoms with van der Waals surface area (Å²) >= 11 is 7.17. The summed E-state index contributed by atoms with van der Waals surface area (Å²) in [5.41, 5.74) is 0.984. The van der Waals surface area contributed by atoms with E-state index in [0.717, 1.165) is 17.3 Å². The summed E-state index contributed by atoms with van der Waals surface area (Å²) in [7, 11) is 1.51. The third-order valence-corrected chi connectivity index (χ3v) is 5.22. The minimum atomic E-state index is -0.356. The van der Waals surface area contributed by atoms with Gasteiger partial charge in [-0.3, -0.25) is 14.2 Å². The van der Waals surface area contributed by atoms with E-state index in [1.807, 2.05) is 0 Å². The molecule has 0 radical (unpaired) electrons. The number of rotatable bonds is 7. The molecule has 0 unspecified atom stereocenters. The van der Waals surface area contributed by atoms with Crippen LogP contribution in [0.15, 0.2) is 64.7 Å². The highest BCUT2D eigenvalue weighted by Gasteiger charge is 2.11. The number of aromatic nitrogens is 2. The van der Waals surface area contributed by atoms with Gasteiger partial charge in [-0.25, -0.2) is 9.37 Å². The number of benzene rings is 2. The van der Waals surface area contributed by atoms with E-state index in [4.69, 9.17) is 16.3 Å². The van der Waals surface area contributed by atoms with Crippen molar-refractivity contribution >= 4 is 29.3 Å². The number of ether oxygens (including phenoxy) is 1. The molecule has 0 aliphatic carbocycles. The van der Waals surface area contributed by atoms with Gasteiger partial charge in [0.2, 0.25) is 5.91 Å². The van der Waals surface area contributed by atoms with Crippen LogP contribution in [-0.2, 0) is 11.3 Å². The molecule has 2 aromatic carbocycles. The standard InChI is InChI=1S/C20H17ClFN3O3S/c1-28-17-7-6-15(10-16(17)21)25-9-8-23-19(20(25)27)29-12-18(26)24-11-13-2-4-14(22)5-3-13/h2-10H,11-12H2,1H3,(H,24,26). The highest BCUT2D eigenvalue weighted by molar-refractivity contribution is 7.99. The smallest absolute Gasteiger partial charge is 0.287 e. The fourth-order valence-electron chi connectivity index (χ4n) is 2.49. The molecule has 0 fully saturated rings. The molecule has 1 amide bonds. The molecule has 0 aliphatic heterocycles. The number of hydrogen-bond donors (Lipinski definition) is 1. The van der Waals surface area contributed by atoms with Gasteiger partial charge in [0.25, 0.3) is 5.56 Å². The van der Waals surface area contributed by atoms with Crippen LogP contribution in [0, 0.1) is 5.82 Å². The van der Waals surface area contributed by atoms with Crippen LogP contribution < -0.4 is 15.6 Å². The summed E-state index contributed by atoms with van der Waals surface area (Å²) in [4.78, 5) is 28.8. The topological polar surface area (TPSA) is 73.2 Å². The van der Waals surface area contributed by atoms with Crippen LogP contribution in [0.4, 0.5) is 4.39 Å². The van der Waals surface area contributed by atoms with Crippen molar-refractivity contribution in [3.05, 3.63) is 81.6 Å². The average Bonchev–Trinajstić information content (AvgIpc) is 2.72. The number of methoxy groups -OCH3 is 1. The molecule has 150 valence electrons. The van der Waals surface area contributed by atoms with E-state index in [1.54, 1.807) is 30.3 Å². The predicted molar refractivity (Wildman–Crippen MR) is 110 cm³/mol. The maximum atomic E-state index is 12.9. The van der Waals surface area contributed by atoms with Crippen molar-refractivity contribution < 1.29 is 13.9 Å². The van der Waals surface area contributed by atoms with E-state index >= 15 is 0 Å². The fourth-order valence-corrected chi connectivity index (χ4v) is 3.47. The van der Waals surface area contributed by atoms with Gasteiger partial charge in [-0.05, 0) is 35.9 Å². The molecule has 0 spiro atoms. The van der Waals surface area contributed by atoms with Crippen molar-refractivity contribution in [2.75, 3.05) is 12.9 Å². The molecule has 0 saturated carbocycles. The number of thioether (sulfide) groups is 1. The van der Waals surface area contributed by atoms with E-state index in [0.29, 0.717) is 16.5 Å². The SMILES string of the molecule is COc1ccc(-n2ccnc(SCC(=O)NCc3ccc(F)cc3)c2=O)cc1Cl. The predicted octanol–water partition coefficient (Wildman–Crippen LogP) is 3.44. The van der Waals surface area contributed by atoms with Crippen LogP contribution in [0.2, 0.25) is 5.02 Å². The zero-order valence-electron chi connectivity index (χ0n) is 15.4. The highest BCUT2D eigenvalue weighted by atomic mass is 35.5. The Morgan fingerprint density at radius 1 is 1.28 bits per heavy atom.